The van der Waals surface area contributed by atoms with E-state index in [4.69, 9.17) is 5.73 Å². The predicted molar refractivity (Wildman–Crippen MR) is 75.4 cm³/mol. The van der Waals surface area contributed by atoms with Gasteiger partial charge in [-0.15, -0.1) is 0 Å². The summed E-state index contributed by atoms with van der Waals surface area (Å²) in [6.45, 7) is 5.64. The Labute approximate surface area is 122 Å². The summed E-state index contributed by atoms with van der Waals surface area (Å²) in [6, 6.07) is 3.74. The SMILES string of the molecule is CC(C)C[C@H](N)C(=O)NC(C)c1ccc(C(F)(F)F)cc1. The van der Waals surface area contributed by atoms with Gasteiger partial charge >= 0.3 is 6.18 Å². The molecule has 1 aromatic rings. The van der Waals surface area contributed by atoms with Gasteiger partial charge in [-0.25, -0.2) is 0 Å². The fraction of sp³-hybridized carbons (Fsp3) is 0.533. The zero-order chi connectivity index (χ0) is 16.2. The van der Waals surface area contributed by atoms with Crippen LogP contribution in [0.3, 0.4) is 0 Å². The largest absolute Gasteiger partial charge is 0.416 e. The van der Waals surface area contributed by atoms with Gasteiger partial charge in [0.15, 0.2) is 0 Å². The molecular weight excluding hydrogens is 281 g/mol. The van der Waals surface area contributed by atoms with Gasteiger partial charge in [0.2, 0.25) is 5.91 Å². The number of alkyl halides is 3. The van der Waals surface area contributed by atoms with Crippen LogP contribution in [0, 0.1) is 5.92 Å². The summed E-state index contributed by atoms with van der Waals surface area (Å²) in [5.41, 5.74) is 5.66. The van der Waals surface area contributed by atoms with E-state index >= 15 is 0 Å². The van der Waals surface area contributed by atoms with Crippen LogP contribution in [0.5, 0.6) is 0 Å². The Balaban J connectivity index is 2.67. The Kier molecular flexibility index (Phi) is 5.78. The van der Waals surface area contributed by atoms with Crippen LogP contribution in [0.1, 0.15) is 44.4 Å². The van der Waals surface area contributed by atoms with Gasteiger partial charge in [0, 0.05) is 0 Å². The monoisotopic (exact) mass is 302 g/mol. The summed E-state index contributed by atoms with van der Waals surface area (Å²) in [4.78, 5) is 11.9. The fourth-order valence-electron chi connectivity index (χ4n) is 1.98. The summed E-state index contributed by atoms with van der Waals surface area (Å²) in [5.74, 6) is 0.00298. The van der Waals surface area contributed by atoms with E-state index < -0.39 is 23.8 Å². The van der Waals surface area contributed by atoms with E-state index in [-0.39, 0.29) is 5.91 Å². The van der Waals surface area contributed by atoms with Crippen LogP contribution in [0.2, 0.25) is 0 Å². The van der Waals surface area contributed by atoms with Crippen molar-refractivity contribution in [3.8, 4) is 0 Å². The molecule has 3 N–H and O–H groups in total. The van der Waals surface area contributed by atoms with Crippen LogP contribution in [0.15, 0.2) is 24.3 Å². The molecule has 1 aromatic carbocycles. The van der Waals surface area contributed by atoms with Crippen LogP contribution in [-0.2, 0) is 11.0 Å². The number of hydrogen-bond acceptors (Lipinski definition) is 2. The predicted octanol–water partition coefficient (Wildman–Crippen LogP) is 3.26. The highest BCUT2D eigenvalue weighted by atomic mass is 19.4. The van der Waals surface area contributed by atoms with Crippen molar-refractivity contribution in [3.63, 3.8) is 0 Å². The lowest BCUT2D eigenvalue weighted by atomic mass is 10.0. The maximum Gasteiger partial charge on any atom is 0.416 e. The standard InChI is InChI=1S/C15H21F3N2O/c1-9(2)8-13(19)14(21)20-10(3)11-4-6-12(7-5-11)15(16,17)18/h4-7,9-10,13H,8,19H2,1-3H3,(H,20,21)/t10?,13-/m0/s1. The molecule has 0 aliphatic carbocycles. The van der Waals surface area contributed by atoms with Crippen LogP contribution < -0.4 is 11.1 Å². The number of amides is 1. The second kappa shape index (κ2) is 6.93. The first-order valence-corrected chi connectivity index (χ1v) is 6.84. The van der Waals surface area contributed by atoms with Gasteiger partial charge in [-0.05, 0) is 37.0 Å². The lowest BCUT2D eigenvalue weighted by Crippen LogP contribution is -2.42. The number of halogens is 3. The molecule has 21 heavy (non-hydrogen) atoms. The van der Waals surface area contributed by atoms with E-state index in [1.54, 1.807) is 6.92 Å². The van der Waals surface area contributed by atoms with Crippen molar-refractivity contribution in [2.45, 2.75) is 45.5 Å². The molecule has 0 saturated carbocycles. The van der Waals surface area contributed by atoms with Gasteiger partial charge in [0.25, 0.3) is 0 Å². The molecule has 0 spiro atoms. The maximum absolute atomic E-state index is 12.5. The van der Waals surface area contributed by atoms with Crippen LogP contribution in [0.4, 0.5) is 13.2 Å². The molecule has 0 radical (unpaired) electrons. The molecule has 2 atom stereocenters. The molecule has 0 aliphatic heterocycles. The summed E-state index contributed by atoms with van der Waals surface area (Å²) >= 11 is 0. The number of carbonyl (C=O) groups is 1. The molecule has 6 heteroatoms. The zero-order valence-electron chi connectivity index (χ0n) is 12.4. The number of rotatable bonds is 5. The maximum atomic E-state index is 12.5. The number of carbonyl (C=O) groups excluding carboxylic acids is 1. The summed E-state index contributed by atoms with van der Waals surface area (Å²) in [7, 11) is 0. The van der Waals surface area contributed by atoms with Crippen molar-refractivity contribution < 1.29 is 18.0 Å². The average Bonchev–Trinajstić information content (AvgIpc) is 2.36. The van der Waals surface area contributed by atoms with Gasteiger partial charge in [-0.2, -0.15) is 13.2 Å². The molecule has 1 amide bonds. The Bertz CT molecular complexity index is 469. The first-order chi connectivity index (χ1) is 9.61. The third-order valence-corrected chi connectivity index (χ3v) is 3.16. The van der Waals surface area contributed by atoms with Crippen molar-refractivity contribution in [3.05, 3.63) is 35.4 Å². The molecule has 0 heterocycles. The molecular formula is C15H21F3N2O. The van der Waals surface area contributed by atoms with E-state index in [0.29, 0.717) is 17.9 Å². The highest BCUT2D eigenvalue weighted by Gasteiger charge is 2.30. The second-order valence-corrected chi connectivity index (χ2v) is 5.59. The Morgan fingerprint density at radius 2 is 1.71 bits per heavy atom. The van der Waals surface area contributed by atoms with Gasteiger partial charge in [-0.3, -0.25) is 4.79 Å². The van der Waals surface area contributed by atoms with Gasteiger partial charge in [0.05, 0.1) is 17.6 Å². The number of benzene rings is 1. The highest BCUT2D eigenvalue weighted by Crippen LogP contribution is 2.29. The third-order valence-electron chi connectivity index (χ3n) is 3.16. The average molecular weight is 302 g/mol. The minimum atomic E-state index is -4.36. The Morgan fingerprint density at radius 1 is 1.19 bits per heavy atom. The molecule has 3 nitrogen and oxygen atoms in total. The molecule has 0 aliphatic rings. The first kappa shape index (κ1) is 17.5. The van der Waals surface area contributed by atoms with Gasteiger partial charge in [-0.1, -0.05) is 26.0 Å². The lowest BCUT2D eigenvalue weighted by Gasteiger charge is -2.19. The molecule has 118 valence electrons. The van der Waals surface area contributed by atoms with Crippen molar-refractivity contribution in [1.29, 1.82) is 0 Å². The topological polar surface area (TPSA) is 55.1 Å². The number of hydrogen-bond donors (Lipinski definition) is 2. The minimum absolute atomic E-state index is 0.295. The Morgan fingerprint density at radius 3 is 2.14 bits per heavy atom. The minimum Gasteiger partial charge on any atom is -0.348 e. The Hall–Kier alpha value is -1.56. The van der Waals surface area contributed by atoms with Gasteiger partial charge in [0.1, 0.15) is 0 Å². The first-order valence-electron chi connectivity index (χ1n) is 6.84. The van der Waals surface area contributed by atoms with Crippen molar-refractivity contribution in [1.82, 2.24) is 5.32 Å². The molecule has 0 aromatic heterocycles. The van der Waals surface area contributed by atoms with Crippen LogP contribution in [0.25, 0.3) is 0 Å². The molecule has 1 unspecified atom stereocenters. The summed E-state index contributed by atoms with van der Waals surface area (Å²) in [6.07, 6.45) is -3.80. The quantitative estimate of drug-likeness (QED) is 0.877. The second-order valence-electron chi connectivity index (χ2n) is 5.59. The van der Waals surface area contributed by atoms with Crippen LogP contribution in [-0.4, -0.2) is 11.9 Å². The highest BCUT2D eigenvalue weighted by molar-refractivity contribution is 5.81. The van der Waals surface area contributed by atoms with E-state index in [9.17, 15) is 18.0 Å². The molecule has 0 bridgehead atoms. The normalized spacial score (nSPS) is 14.9. The van der Waals surface area contributed by atoms with Crippen molar-refractivity contribution >= 4 is 5.91 Å². The zero-order valence-corrected chi connectivity index (χ0v) is 12.4. The lowest BCUT2D eigenvalue weighted by molar-refractivity contribution is -0.137. The van der Waals surface area contributed by atoms with E-state index in [0.717, 1.165) is 12.1 Å². The molecule has 0 saturated heterocycles. The van der Waals surface area contributed by atoms with E-state index in [2.05, 4.69) is 5.32 Å². The third kappa shape index (κ3) is 5.38. The van der Waals surface area contributed by atoms with E-state index in [1.807, 2.05) is 13.8 Å². The molecule has 1 rings (SSSR count). The van der Waals surface area contributed by atoms with Crippen LogP contribution >= 0.6 is 0 Å². The summed E-state index contributed by atoms with van der Waals surface area (Å²) in [5, 5.41) is 2.71. The summed E-state index contributed by atoms with van der Waals surface area (Å²) < 4.78 is 37.4. The smallest absolute Gasteiger partial charge is 0.348 e. The van der Waals surface area contributed by atoms with Crippen molar-refractivity contribution in [2.24, 2.45) is 11.7 Å². The van der Waals surface area contributed by atoms with Crippen molar-refractivity contribution in [2.75, 3.05) is 0 Å². The molecule has 0 fully saturated rings. The fourth-order valence-corrected chi connectivity index (χ4v) is 1.98. The number of nitrogens with one attached hydrogen (secondary N) is 1. The van der Waals surface area contributed by atoms with Gasteiger partial charge < -0.3 is 11.1 Å². The number of nitrogens with two attached hydrogens (primary N) is 1. The van der Waals surface area contributed by atoms with E-state index in [1.165, 1.54) is 12.1 Å².